The summed E-state index contributed by atoms with van der Waals surface area (Å²) in [6.45, 7) is 0.210. The Kier molecular flexibility index (Phi) is 8.75. The molecule has 1 atom stereocenters. The van der Waals surface area contributed by atoms with Gasteiger partial charge < -0.3 is 26.2 Å². The highest BCUT2D eigenvalue weighted by Gasteiger charge is 2.34. The first-order valence-corrected chi connectivity index (χ1v) is 11.4. The number of carboxylic acids is 1. The number of aliphatic imine (C=N–C) groups is 1. The first kappa shape index (κ1) is 27.5. The quantitative estimate of drug-likeness (QED) is 0.187. The van der Waals surface area contributed by atoms with E-state index < -0.39 is 18.0 Å². The van der Waals surface area contributed by atoms with Crippen LogP contribution in [0.4, 0.5) is 5.69 Å². The van der Waals surface area contributed by atoms with Crippen molar-refractivity contribution < 1.29 is 24.2 Å². The van der Waals surface area contributed by atoms with Crippen molar-refractivity contribution in [1.82, 2.24) is 4.90 Å². The maximum absolute atomic E-state index is 13.1. The zero-order chi connectivity index (χ0) is 25.8. The predicted molar refractivity (Wildman–Crippen MR) is 141 cm³/mol. The molecule has 1 heterocycles. The number of nitrogens with zero attached hydrogens (tertiary/aromatic N) is 2. The summed E-state index contributed by atoms with van der Waals surface area (Å²) >= 11 is 6.37. The molecule has 0 fully saturated rings. The van der Waals surface area contributed by atoms with Gasteiger partial charge >= 0.3 is 11.9 Å². The van der Waals surface area contributed by atoms with Crippen LogP contribution in [0.2, 0.25) is 5.02 Å². The summed E-state index contributed by atoms with van der Waals surface area (Å²) in [5.41, 5.74) is 13.8. The van der Waals surface area contributed by atoms with Crippen LogP contribution in [0.3, 0.4) is 0 Å². The molecule has 0 saturated heterocycles. The van der Waals surface area contributed by atoms with E-state index in [1.165, 1.54) is 29.2 Å². The number of guanidine groups is 1. The molecule has 1 aliphatic heterocycles. The number of nitrogens with two attached hydrogens (primary N) is 2. The number of carboxylic acid groups (broad SMARTS) is 1. The summed E-state index contributed by atoms with van der Waals surface area (Å²) in [6.07, 6.45) is 0.151. The van der Waals surface area contributed by atoms with E-state index in [9.17, 15) is 19.5 Å². The monoisotopic (exact) mass is 542 g/mol. The fourth-order valence-corrected chi connectivity index (χ4v) is 4.23. The van der Waals surface area contributed by atoms with Gasteiger partial charge in [0.25, 0.3) is 0 Å². The van der Waals surface area contributed by atoms with Crippen molar-refractivity contribution in [1.29, 1.82) is 0 Å². The molecule has 37 heavy (non-hydrogen) atoms. The van der Waals surface area contributed by atoms with Gasteiger partial charge in [-0.05, 0) is 53.1 Å². The van der Waals surface area contributed by atoms with E-state index in [0.717, 1.165) is 11.1 Å². The summed E-state index contributed by atoms with van der Waals surface area (Å²) in [4.78, 5) is 42.6. The van der Waals surface area contributed by atoms with Gasteiger partial charge in [-0.3, -0.25) is 4.79 Å². The second-order valence-corrected chi connectivity index (χ2v) is 8.66. The van der Waals surface area contributed by atoms with Crippen LogP contribution >= 0.6 is 24.0 Å². The van der Waals surface area contributed by atoms with Gasteiger partial charge in [0, 0.05) is 18.0 Å². The van der Waals surface area contributed by atoms with Gasteiger partial charge in [0.2, 0.25) is 5.91 Å². The zero-order valence-corrected chi connectivity index (χ0v) is 21.0. The van der Waals surface area contributed by atoms with Crippen molar-refractivity contribution in [3.8, 4) is 5.75 Å². The van der Waals surface area contributed by atoms with Gasteiger partial charge in [0.05, 0.1) is 17.7 Å². The molecule has 1 aliphatic rings. The Bertz CT molecular complexity index is 1360. The number of esters is 1. The Balaban J connectivity index is 0.00000380. The fourth-order valence-electron chi connectivity index (χ4n) is 3.99. The largest absolute Gasteiger partial charge is 0.480 e. The van der Waals surface area contributed by atoms with E-state index in [0.29, 0.717) is 11.3 Å². The second-order valence-electron chi connectivity index (χ2n) is 8.25. The number of ether oxygens (including phenoxy) is 1. The molecule has 11 heteroatoms. The minimum atomic E-state index is -1.06. The Morgan fingerprint density at radius 3 is 2.32 bits per heavy atom. The lowest BCUT2D eigenvalue weighted by molar-refractivity contribution is -0.151. The number of carbonyl (C=O) groups is 3. The Morgan fingerprint density at radius 1 is 1.03 bits per heavy atom. The highest BCUT2D eigenvalue weighted by molar-refractivity contribution is 6.31. The van der Waals surface area contributed by atoms with E-state index in [4.69, 9.17) is 27.8 Å². The summed E-state index contributed by atoms with van der Waals surface area (Å²) in [5, 5.41) is 9.91. The molecular formula is C26H24Cl2N4O5. The van der Waals surface area contributed by atoms with E-state index >= 15 is 0 Å². The van der Waals surface area contributed by atoms with Crippen LogP contribution in [0.1, 0.15) is 27.0 Å². The van der Waals surface area contributed by atoms with Crippen LogP contribution < -0.4 is 16.2 Å². The number of carbonyl (C=O) groups excluding carboxylic acids is 2. The molecule has 0 bridgehead atoms. The molecule has 1 amide bonds. The van der Waals surface area contributed by atoms with Crippen LogP contribution in [0, 0.1) is 0 Å². The van der Waals surface area contributed by atoms with Crippen molar-refractivity contribution in [3.05, 3.63) is 94.0 Å². The molecule has 0 saturated carbocycles. The highest BCUT2D eigenvalue weighted by atomic mass is 35.5. The smallest absolute Gasteiger partial charge is 0.343 e. The minimum Gasteiger partial charge on any atom is -0.480 e. The third kappa shape index (κ3) is 6.58. The molecule has 4 rings (SSSR count). The third-order valence-electron chi connectivity index (χ3n) is 5.79. The third-order valence-corrected chi connectivity index (χ3v) is 6.14. The second kappa shape index (κ2) is 11.8. The lowest BCUT2D eigenvalue weighted by atomic mass is 9.93. The van der Waals surface area contributed by atoms with Gasteiger partial charge in [-0.1, -0.05) is 41.9 Å². The Morgan fingerprint density at radius 2 is 1.70 bits per heavy atom. The SMILES string of the molecule is Cl.NC(N)=Nc1ccc(C(=O)Oc2ccc(CC(=O)N3Cc4ccccc4C[C@H]3C(=O)O)c(Cl)c2)cc1. The molecule has 3 aromatic rings. The number of hydrogen-bond donors (Lipinski definition) is 3. The first-order valence-electron chi connectivity index (χ1n) is 11.0. The number of benzene rings is 3. The first-order chi connectivity index (χ1) is 17.2. The topological polar surface area (TPSA) is 148 Å². The molecular weight excluding hydrogens is 519 g/mol. The van der Waals surface area contributed by atoms with Crippen LogP contribution in [-0.4, -0.2) is 39.9 Å². The molecule has 5 N–H and O–H groups in total. The lowest BCUT2D eigenvalue weighted by Gasteiger charge is -2.34. The molecule has 0 radical (unpaired) electrons. The molecule has 0 unspecified atom stereocenters. The molecule has 3 aromatic carbocycles. The average Bonchev–Trinajstić information content (AvgIpc) is 2.84. The average molecular weight is 543 g/mol. The Labute approximate surface area is 224 Å². The van der Waals surface area contributed by atoms with Crippen LogP contribution in [0.5, 0.6) is 5.75 Å². The molecule has 0 spiro atoms. The van der Waals surface area contributed by atoms with Gasteiger partial charge in [-0.15, -0.1) is 12.4 Å². The van der Waals surface area contributed by atoms with Crippen LogP contribution in [0.25, 0.3) is 0 Å². The molecule has 9 nitrogen and oxygen atoms in total. The van der Waals surface area contributed by atoms with Crippen LogP contribution in [-0.2, 0) is 29.0 Å². The van der Waals surface area contributed by atoms with E-state index in [1.807, 2.05) is 24.3 Å². The van der Waals surface area contributed by atoms with Crippen LogP contribution in [0.15, 0.2) is 71.7 Å². The van der Waals surface area contributed by atoms with Crippen molar-refractivity contribution in [2.75, 3.05) is 0 Å². The van der Waals surface area contributed by atoms with Gasteiger partial charge in [-0.25, -0.2) is 14.6 Å². The lowest BCUT2D eigenvalue weighted by Crippen LogP contribution is -2.49. The van der Waals surface area contributed by atoms with E-state index in [1.54, 1.807) is 18.2 Å². The summed E-state index contributed by atoms with van der Waals surface area (Å²) in [6, 6.07) is 17.3. The summed E-state index contributed by atoms with van der Waals surface area (Å²) < 4.78 is 5.38. The maximum atomic E-state index is 13.1. The summed E-state index contributed by atoms with van der Waals surface area (Å²) in [5.74, 6) is -1.92. The zero-order valence-electron chi connectivity index (χ0n) is 19.5. The van der Waals surface area contributed by atoms with E-state index in [2.05, 4.69) is 4.99 Å². The summed E-state index contributed by atoms with van der Waals surface area (Å²) in [7, 11) is 0. The van der Waals surface area contributed by atoms with Crippen molar-refractivity contribution in [2.24, 2.45) is 16.5 Å². The Hall–Kier alpha value is -4.08. The minimum absolute atomic E-state index is 0. The van der Waals surface area contributed by atoms with Crippen molar-refractivity contribution >= 4 is 53.5 Å². The molecule has 192 valence electrons. The number of halogens is 2. The number of fused-ring (bicyclic) bond motifs is 1. The van der Waals surface area contributed by atoms with Gasteiger partial charge in [-0.2, -0.15) is 0 Å². The molecule has 0 aliphatic carbocycles. The molecule has 0 aromatic heterocycles. The number of aliphatic carboxylic acids is 1. The number of rotatable bonds is 6. The van der Waals surface area contributed by atoms with Gasteiger partial charge in [0.15, 0.2) is 5.96 Å². The normalized spacial score (nSPS) is 14.1. The standard InChI is InChI=1S/C26H23ClN4O5.ClH/c27-21-13-20(36-25(35)15-5-8-19(9-6-15)30-26(28)29)10-7-17(21)12-23(32)31-14-18-4-2-1-3-16(18)11-22(31)24(33)34;/h1-10,13,22H,11-12,14H2,(H,33,34)(H4,28,29,30);1H/t22-;/m0./s1. The van der Waals surface area contributed by atoms with E-state index in [-0.39, 0.29) is 60.0 Å². The fraction of sp³-hybridized carbons (Fsp3) is 0.154. The van der Waals surface area contributed by atoms with Gasteiger partial charge in [0.1, 0.15) is 11.8 Å². The maximum Gasteiger partial charge on any atom is 0.343 e. The number of amides is 1. The number of hydrogen-bond acceptors (Lipinski definition) is 5. The predicted octanol–water partition coefficient (Wildman–Crippen LogP) is 3.47. The highest BCUT2D eigenvalue weighted by Crippen LogP contribution is 2.27. The van der Waals surface area contributed by atoms with Crippen molar-refractivity contribution in [3.63, 3.8) is 0 Å². The van der Waals surface area contributed by atoms with Crippen molar-refractivity contribution in [2.45, 2.75) is 25.4 Å².